The van der Waals surface area contributed by atoms with Crippen LogP contribution < -0.4 is 10.5 Å². The normalized spacial score (nSPS) is 11.0. The molecule has 0 aliphatic carbocycles. The molecule has 3 heteroatoms. The lowest BCUT2D eigenvalue weighted by atomic mass is 9.93. The van der Waals surface area contributed by atoms with Crippen LogP contribution in [0.1, 0.15) is 30.5 Å². The van der Waals surface area contributed by atoms with Crippen LogP contribution in [0, 0.1) is 18.3 Å². The Hall–Kier alpha value is -1.53. The first-order chi connectivity index (χ1) is 7.37. The highest BCUT2D eigenvalue weighted by molar-refractivity contribution is 5.50. The minimum atomic E-state index is -0.270. The standard InChI is InChI=1S/C13H18N2O/c1-9-5-10(7-13(2,3)15)6-11(8-14)12(9)16-4/h5-6H,7,15H2,1-4H3. The number of benzene rings is 1. The molecular weight excluding hydrogens is 200 g/mol. The maximum absolute atomic E-state index is 9.04. The van der Waals surface area contributed by atoms with E-state index in [0.717, 1.165) is 17.5 Å². The van der Waals surface area contributed by atoms with Gasteiger partial charge in [-0.3, -0.25) is 0 Å². The second-order valence-electron chi connectivity index (χ2n) is 4.77. The smallest absolute Gasteiger partial charge is 0.139 e. The van der Waals surface area contributed by atoms with Crippen molar-refractivity contribution in [2.45, 2.75) is 32.7 Å². The predicted molar refractivity (Wildman–Crippen MR) is 64.4 cm³/mol. The molecule has 0 atom stereocenters. The molecule has 1 aromatic carbocycles. The Morgan fingerprint density at radius 1 is 1.44 bits per heavy atom. The molecule has 0 bridgehead atoms. The fourth-order valence-electron chi connectivity index (χ4n) is 1.83. The van der Waals surface area contributed by atoms with Crippen LogP contribution in [0.2, 0.25) is 0 Å². The maximum Gasteiger partial charge on any atom is 0.139 e. The van der Waals surface area contributed by atoms with E-state index in [0.29, 0.717) is 11.3 Å². The van der Waals surface area contributed by atoms with Crippen molar-refractivity contribution in [1.29, 1.82) is 5.26 Å². The SMILES string of the molecule is COc1c(C)cc(CC(C)(C)N)cc1C#N. The van der Waals surface area contributed by atoms with Gasteiger partial charge in [0.15, 0.2) is 0 Å². The van der Waals surface area contributed by atoms with E-state index in [1.807, 2.05) is 32.9 Å². The molecule has 0 heterocycles. The Balaban J connectivity index is 3.17. The number of hydrogen-bond acceptors (Lipinski definition) is 3. The molecule has 0 amide bonds. The maximum atomic E-state index is 9.04. The van der Waals surface area contributed by atoms with E-state index in [1.54, 1.807) is 7.11 Å². The minimum Gasteiger partial charge on any atom is -0.495 e. The summed E-state index contributed by atoms with van der Waals surface area (Å²) in [7, 11) is 1.58. The zero-order valence-corrected chi connectivity index (χ0v) is 10.3. The first-order valence-corrected chi connectivity index (χ1v) is 5.24. The Labute approximate surface area is 96.8 Å². The molecule has 0 aliphatic heterocycles. The van der Waals surface area contributed by atoms with E-state index in [2.05, 4.69) is 6.07 Å². The van der Waals surface area contributed by atoms with E-state index >= 15 is 0 Å². The summed E-state index contributed by atoms with van der Waals surface area (Å²) in [6.45, 7) is 5.88. The molecular formula is C13H18N2O. The van der Waals surface area contributed by atoms with Crippen LogP contribution in [-0.2, 0) is 6.42 Å². The third kappa shape index (κ3) is 2.98. The highest BCUT2D eigenvalue weighted by atomic mass is 16.5. The van der Waals surface area contributed by atoms with Gasteiger partial charge in [-0.2, -0.15) is 5.26 Å². The van der Waals surface area contributed by atoms with Crippen molar-refractivity contribution in [2.75, 3.05) is 7.11 Å². The molecule has 16 heavy (non-hydrogen) atoms. The van der Waals surface area contributed by atoms with E-state index in [1.165, 1.54) is 0 Å². The van der Waals surface area contributed by atoms with Crippen molar-refractivity contribution >= 4 is 0 Å². The number of methoxy groups -OCH3 is 1. The van der Waals surface area contributed by atoms with Gasteiger partial charge < -0.3 is 10.5 Å². The summed E-state index contributed by atoms with van der Waals surface area (Å²) >= 11 is 0. The van der Waals surface area contributed by atoms with Gasteiger partial charge in [0.25, 0.3) is 0 Å². The van der Waals surface area contributed by atoms with Crippen LogP contribution in [0.4, 0.5) is 0 Å². The van der Waals surface area contributed by atoms with Crippen molar-refractivity contribution in [1.82, 2.24) is 0 Å². The monoisotopic (exact) mass is 218 g/mol. The molecule has 0 radical (unpaired) electrons. The van der Waals surface area contributed by atoms with Crippen LogP contribution in [0.25, 0.3) is 0 Å². The number of aryl methyl sites for hydroxylation is 1. The molecule has 0 saturated heterocycles. The van der Waals surface area contributed by atoms with Crippen molar-refractivity contribution < 1.29 is 4.74 Å². The molecule has 0 aliphatic rings. The first-order valence-electron chi connectivity index (χ1n) is 5.24. The van der Waals surface area contributed by atoms with E-state index < -0.39 is 0 Å². The molecule has 1 rings (SSSR count). The minimum absolute atomic E-state index is 0.270. The second kappa shape index (κ2) is 4.54. The average Bonchev–Trinajstić information content (AvgIpc) is 2.14. The highest BCUT2D eigenvalue weighted by Gasteiger charge is 2.15. The summed E-state index contributed by atoms with van der Waals surface area (Å²) in [5.74, 6) is 0.654. The Kier molecular flexibility index (Phi) is 3.56. The third-order valence-electron chi connectivity index (χ3n) is 2.32. The summed E-state index contributed by atoms with van der Waals surface area (Å²) in [5, 5.41) is 9.04. The fourth-order valence-corrected chi connectivity index (χ4v) is 1.83. The fraction of sp³-hybridized carbons (Fsp3) is 0.462. The summed E-state index contributed by atoms with van der Waals surface area (Å²) in [6, 6.07) is 6.02. The Morgan fingerprint density at radius 3 is 2.50 bits per heavy atom. The van der Waals surface area contributed by atoms with Crippen LogP contribution in [0.3, 0.4) is 0 Å². The van der Waals surface area contributed by atoms with Crippen molar-refractivity contribution in [2.24, 2.45) is 5.73 Å². The molecule has 86 valence electrons. The molecule has 0 saturated carbocycles. The quantitative estimate of drug-likeness (QED) is 0.845. The molecule has 2 N–H and O–H groups in total. The van der Waals surface area contributed by atoms with Gasteiger partial charge in [0.1, 0.15) is 11.8 Å². The van der Waals surface area contributed by atoms with Gasteiger partial charge in [-0.25, -0.2) is 0 Å². The second-order valence-corrected chi connectivity index (χ2v) is 4.77. The summed E-state index contributed by atoms with van der Waals surface area (Å²) in [5.41, 5.74) is 8.31. The van der Waals surface area contributed by atoms with Crippen LogP contribution in [-0.4, -0.2) is 12.6 Å². The van der Waals surface area contributed by atoms with Gasteiger partial charge in [-0.15, -0.1) is 0 Å². The van der Waals surface area contributed by atoms with Crippen molar-refractivity contribution in [3.63, 3.8) is 0 Å². The number of ether oxygens (including phenoxy) is 1. The first kappa shape index (κ1) is 12.5. The van der Waals surface area contributed by atoms with Crippen LogP contribution in [0.15, 0.2) is 12.1 Å². The van der Waals surface area contributed by atoms with E-state index in [-0.39, 0.29) is 5.54 Å². The Bertz CT molecular complexity index is 425. The molecule has 3 nitrogen and oxygen atoms in total. The lowest BCUT2D eigenvalue weighted by Gasteiger charge is -2.19. The number of rotatable bonds is 3. The van der Waals surface area contributed by atoms with Crippen molar-refractivity contribution in [3.05, 3.63) is 28.8 Å². The highest BCUT2D eigenvalue weighted by Crippen LogP contribution is 2.25. The molecule has 0 aromatic heterocycles. The number of hydrogen-bond donors (Lipinski definition) is 1. The lowest BCUT2D eigenvalue weighted by molar-refractivity contribution is 0.410. The largest absolute Gasteiger partial charge is 0.495 e. The molecule has 0 fully saturated rings. The van der Waals surface area contributed by atoms with Gasteiger partial charge >= 0.3 is 0 Å². The predicted octanol–water partition coefficient (Wildman–Crippen LogP) is 2.16. The van der Waals surface area contributed by atoms with E-state index in [9.17, 15) is 0 Å². The van der Waals surface area contributed by atoms with Crippen LogP contribution in [0.5, 0.6) is 5.75 Å². The molecule has 0 unspecified atom stereocenters. The summed E-state index contributed by atoms with van der Waals surface area (Å²) in [4.78, 5) is 0. The summed E-state index contributed by atoms with van der Waals surface area (Å²) < 4.78 is 5.20. The molecule has 0 spiro atoms. The topological polar surface area (TPSA) is 59.0 Å². The zero-order valence-electron chi connectivity index (χ0n) is 10.3. The van der Waals surface area contributed by atoms with Gasteiger partial charge in [0.2, 0.25) is 0 Å². The van der Waals surface area contributed by atoms with Gasteiger partial charge in [-0.05, 0) is 44.4 Å². The molecule has 1 aromatic rings. The van der Waals surface area contributed by atoms with Crippen LogP contribution >= 0.6 is 0 Å². The van der Waals surface area contributed by atoms with Gasteiger partial charge in [0, 0.05) is 5.54 Å². The number of nitrogens with two attached hydrogens (primary N) is 1. The lowest BCUT2D eigenvalue weighted by Crippen LogP contribution is -2.34. The van der Waals surface area contributed by atoms with Gasteiger partial charge in [0.05, 0.1) is 12.7 Å². The third-order valence-corrected chi connectivity index (χ3v) is 2.32. The summed E-state index contributed by atoms with van der Waals surface area (Å²) in [6.07, 6.45) is 0.743. The van der Waals surface area contributed by atoms with Gasteiger partial charge in [-0.1, -0.05) is 6.07 Å². The Morgan fingerprint density at radius 2 is 2.06 bits per heavy atom. The van der Waals surface area contributed by atoms with E-state index in [4.69, 9.17) is 15.7 Å². The van der Waals surface area contributed by atoms with Crippen molar-refractivity contribution in [3.8, 4) is 11.8 Å². The number of nitriles is 1. The average molecular weight is 218 g/mol. The zero-order chi connectivity index (χ0) is 12.3. The number of nitrogens with zero attached hydrogens (tertiary/aromatic N) is 1.